The van der Waals surface area contributed by atoms with Crippen LogP contribution in [0.25, 0.3) is 0 Å². The number of rotatable bonds is 6. The van der Waals surface area contributed by atoms with Crippen LogP contribution in [0, 0.1) is 17.0 Å². The average Bonchev–Trinajstić information content (AvgIpc) is 2.71. The third-order valence-corrected chi connectivity index (χ3v) is 5.92. The van der Waals surface area contributed by atoms with Crippen LogP contribution in [-0.4, -0.2) is 19.2 Å². The summed E-state index contributed by atoms with van der Waals surface area (Å²) in [6, 6.07) is 16.0. The quantitative estimate of drug-likeness (QED) is 0.424. The Balaban J connectivity index is 1.87. The van der Waals surface area contributed by atoms with Crippen LogP contribution in [-0.2, 0) is 10.0 Å². The fraction of sp³-hybridized carbons (Fsp3) is 0.0500. The lowest BCUT2D eigenvalue weighted by Gasteiger charge is -2.13. The van der Waals surface area contributed by atoms with Crippen molar-refractivity contribution in [1.29, 1.82) is 0 Å². The molecule has 30 heavy (non-hydrogen) atoms. The third-order valence-electron chi connectivity index (χ3n) is 4.21. The zero-order chi connectivity index (χ0) is 21.9. The van der Waals surface area contributed by atoms with Gasteiger partial charge >= 0.3 is 0 Å². The Morgan fingerprint density at radius 3 is 2.37 bits per heavy atom. The monoisotopic (exact) mass is 445 g/mol. The standard InChI is InChI=1S/C20H16ClN3O5S/c1-13-7-8-14(11-18(13)23-30(28,29)16-5-3-2-4-6-16)20(25)22-19-12-15(24(26)27)9-10-17(19)21/h2-12,23H,1H3,(H,22,25). The van der Waals surface area contributed by atoms with Crippen LogP contribution in [0.2, 0.25) is 5.02 Å². The molecule has 0 spiro atoms. The Bertz CT molecular complexity index is 1230. The van der Waals surface area contributed by atoms with E-state index < -0.39 is 20.9 Å². The average molecular weight is 446 g/mol. The van der Waals surface area contributed by atoms with E-state index in [0.717, 1.165) is 6.07 Å². The Morgan fingerprint density at radius 2 is 1.70 bits per heavy atom. The van der Waals surface area contributed by atoms with Crippen LogP contribution >= 0.6 is 11.6 Å². The van der Waals surface area contributed by atoms with Crippen molar-refractivity contribution in [2.45, 2.75) is 11.8 Å². The zero-order valence-electron chi connectivity index (χ0n) is 15.6. The number of hydrogen-bond donors (Lipinski definition) is 2. The van der Waals surface area contributed by atoms with Gasteiger partial charge in [-0.05, 0) is 42.8 Å². The van der Waals surface area contributed by atoms with Gasteiger partial charge in [-0.25, -0.2) is 8.42 Å². The number of anilines is 2. The maximum atomic E-state index is 12.6. The van der Waals surface area contributed by atoms with E-state index in [1.54, 1.807) is 31.2 Å². The first-order valence-corrected chi connectivity index (χ1v) is 10.5. The Morgan fingerprint density at radius 1 is 1.00 bits per heavy atom. The molecule has 0 aliphatic heterocycles. The molecule has 3 aromatic carbocycles. The molecule has 0 radical (unpaired) electrons. The molecule has 0 bridgehead atoms. The molecule has 3 rings (SSSR count). The van der Waals surface area contributed by atoms with Gasteiger partial charge in [-0.3, -0.25) is 19.6 Å². The molecule has 8 nitrogen and oxygen atoms in total. The number of sulfonamides is 1. The fourth-order valence-electron chi connectivity index (χ4n) is 2.59. The molecule has 0 aromatic heterocycles. The number of non-ortho nitro benzene ring substituents is 1. The summed E-state index contributed by atoms with van der Waals surface area (Å²) >= 11 is 6.01. The lowest BCUT2D eigenvalue weighted by Crippen LogP contribution is -2.16. The second-order valence-corrected chi connectivity index (χ2v) is 8.41. The second kappa shape index (κ2) is 8.52. The molecule has 2 N–H and O–H groups in total. The molecule has 0 atom stereocenters. The number of nitrogens with one attached hydrogen (secondary N) is 2. The van der Waals surface area contributed by atoms with Gasteiger partial charge in [0.2, 0.25) is 0 Å². The van der Waals surface area contributed by atoms with Crippen LogP contribution in [0.15, 0.2) is 71.6 Å². The first-order valence-electron chi connectivity index (χ1n) is 8.61. The number of nitro groups is 1. The van der Waals surface area contributed by atoms with Gasteiger partial charge in [-0.15, -0.1) is 0 Å². The largest absolute Gasteiger partial charge is 0.320 e. The van der Waals surface area contributed by atoms with E-state index in [1.807, 2.05) is 0 Å². The van der Waals surface area contributed by atoms with E-state index in [1.165, 1.54) is 36.4 Å². The molecule has 0 saturated carbocycles. The Kier molecular flexibility index (Phi) is 6.04. The maximum Gasteiger partial charge on any atom is 0.271 e. The molecule has 1 amide bonds. The van der Waals surface area contributed by atoms with Crippen molar-refractivity contribution in [2.24, 2.45) is 0 Å². The highest BCUT2D eigenvalue weighted by Gasteiger charge is 2.17. The van der Waals surface area contributed by atoms with Gasteiger partial charge in [0.15, 0.2) is 0 Å². The first-order chi connectivity index (χ1) is 14.2. The summed E-state index contributed by atoms with van der Waals surface area (Å²) in [5.74, 6) is -0.599. The molecular weight excluding hydrogens is 430 g/mol. The minimum atomic E-state index is -3.84. The van der Waals surface area contributed by atoms with Crippen molar-refractivity contribution in [2.75, 3.05) is 10.0 Å². The molecule has 10 heteroatoms. The summed E-state index contributed by atoms with van der Waals surface area (Å²) in [5, 5.41) is 13.6. The van der Waals surface area contributed by atoms with Crippen molar-refractivity contribution in [3.8, 4) is 0 Å². The summed E-state index contributed by atoms with van der Waals surface area (Å²) in [4.78, 5) is 23.0. The second-order valence-electron chi connectivity index (χ2n) is 6.32. The van der Waals surface area contributed by atoms with E-state index in [4.69, 9.17) is 11.6 Å². The number of hydrogen-bond acceptors (Lipinski definition) is 5. The smallest absolute Gasteiger partial charge is 0.271 e. The van der Waals surface area contributed by atoms with Crippen molar-refractivity contribution in [3.63, 3.8) is 0 Å². The minimum absolute atomic E-state index is 0.0721. The molecule has 0 aliphatic carbocycles. The summed E-state index contributed by atoms with van der Waals surface area (Å²) in [6.45, 7) is 1.70. The van der Waals surface area contributed by atoms with E-state index >= 15 is 0 Å². The van der Waals surface area contributed by atoms with Crippen LogP contribution in [0.4, 0.5) is 17.1 Å². The van der Waals surface area contributed by atoms with E-state index in [0.29, 0.717) is 5.56 Å². The normalized spacial score (nSPS) is 11.0. The van der Waals surface area contributed by atoms with Gasteiger partial charge in [0.25, 0.3) is 21.6 Å². The zero-order valence-corrected chi connectivity index (χ0v) is 17.2. The van der Waals surface area contributed by atoms with Crippen molar-refractivity contribution in [3.05, 3.63) is 93.0 Å². The maximum absolute atomic E-state index is 12.6. The van der Waals surface area contributed by atoms with Crippen LogP contribution < -0.4 is 10.0 Å². The SMILES string of the molecule is Cc1ccc(C(=O)Nc2cc([N+](=O)[O-])ccc2Cl)cc1NS(=O)(=O)c1ccccc1. The van der Waals surface area contributed by atoms with Gasteiger partial charge in [-0.2, -0.15) is 0 Å². The lowest BCUT2D eigenvalue weighted by molar-refractivity contribution is -0.384. The molecular formula is C20H16ClN3O5S. The Hall–Kier alpha value is -3.43. The van der Waals surface area contributed by atoms with Gasteiger partial charge < -0.3 is 5.32 Å². The van der Waals surface area contributed by atoms with Crippen molar-refractivity contribution in [1.82, 2.24) is 0 Å². The van der Waals surface area contributed by atoms with Gasteiger partial charge in [0, 0.05) is 17.7 Å². The van der Waals surface area contributed by atoms with Crippen molar-refractivity contribution >= 4 is 44.6 Å². The van der Waals surface area contributed by atoms with Crippen LogP contribution in [0.5, 0.6) is 0 Å². The summed E-state index contributed by atoms with van der Waals surface area (Å²) in [7, 11) is -3.84. The number of amides is 1. The Labute approximate surface area is 177 Å². The van der Waals surface area contributed by atoms with Crippen LogP contribution in [0.1, 0.15) is 15.9 Å². The molecule has 0 fully saturated rings. The number of carbonyl (C=O) groups excluding carboxylic acids is 1. The number of halogens is 1. The minimum Gasteiger partial charge on any atom is -0.320 e. The number of aryl methyl sites for hydroxylation is 1. The number of benzene rings is 3. The number of nitrogens with zero attached hydrogens (tertiary/aromatic N) is 1. The van der Waals surface area contributed by atoms with E-state index in [9.17, 15) is 23.3 Å². The van der Waals surface area contributed by atoms with E-state index in [-0.39, 0.29) is 32.5 Å². The van der Waals surface area contributed by atoms with Gasteiger partial charge in [-0.1, -0.05) is 35.9 Å². The summed E-state index contributed by atoms with van der Waals surface area (Å²) in [6.07, 6.45) is 0. The highest BCUT2D eigenvalue weighted by atomic mass is 35.5. The molecule has 0 aliphatic rings. The molecule has 154 valence electrons. The predicted octanol–water partition coefficient (Wildman–Crippen LogP) is 4.61. The highest BCUT2D eigenvalue weighted by Crippen LogP contribution is 2.28. The lowest BCUT2D eigenvalue weighted by atomic mass is 10.1. The topological polar surface area (TPSA) is 118 Å². The van der Waals surface area contributed by atoms with Crippen molar-refractivity contribution < 1.29 is 18.1 Å². The van der Waals surface area contributed by atoms with Gasteiger partial charge in [0.1, 0.15) is 0 Å². The number of carbonyl (C=O) groups is 1. The molecule has 0 saturated heterocycles. The molecule has 0 unspecified atom stereocenters. The van der Waals surface area contributed by atoms with Gasteiger partial charge in [0.05, 0.1) is 26.2 Å². The molecule has 3 aromatic rings. The number of nitro benzene ring substituents is 1. The summed E-state index contributed by atoms with van der Waals surface area (Å²) < 4.78 is 27.6. The third kappa shape index (κ3) is 4.76. The fourth-order valence-corrected chi connectivity index (χ4v) is 3.90. The van der Waals surface area contributed by atoms with Crippen LogP contribution in [0.3, 0.4) is 0 Å². The summed E-state index contributed by atoms with van der Waals surface area (Å²) in [5.41, 5.74) is 0.836. The highest BCUT2D eigenvalue weighted by molar-refractivity contribution is 7.92. The van der Waals surface area contributed by atoms with E-state index in [2.05, 4.69) is 10.0 Å². The first kappa shape index (κ1) is 21.3. The predicted molar refractivity (Wildman–Crippen MR) is 114 cm³/mol. The molecule has 0 heterocycles.